The topological polar surface area (TPSA) is 70.2 Å². The molecule has 0 bridgehead atoms. The van der Waals surface area contributed by atoms with E-state index in [1.807, 2.05) is 38.1 Å². The van der Waals surface area contributed by atoms with Gasteiger partial charge in [0.2, 0.25) is 5.91 Å². The molecule has 1 fully saturated rings. The highest BCUT2D eigenvalue weighted by Crippen LogP contribution is 2.33. The van der Waals surface area contributed by atoms with Crippen molar-refractivity contribution in [3.63, 3.8) is 0 Å². The van der Waals surface area contributed by atoms with E-state index in [0.717, 1.165) is 15.6 Å². The summed E-state index contributed by atoms with van der Waals surface area (Å²) in [6.07, 6.45) is 0. The van der Waals surface area contributed by atoms with Crippen LogP contribution in [0.4, 0.5) is 11.4 Å². The van der Waals surface area contributed by atoms with Gasteiger partial charge in [-0.15, -0.1) is 0 Å². The van der Waals surface area contributed by atoms with E-state index in [1.54, 1.807) is 53.4 Å². The summed E-state index contributed by atoms with van der Waals surface area (Å²) in [5.74, 6) is 0.150. The van der Waals surface area contributed by atoms with Crippen molar-refractivity contribution >= 4 is 38.9 Å². The monoisotopic (exact) mass is 527 g/mol. The van der Waals surface area contributed by atoms with Crippen molar-refractivity contribution in [3.8, 4) is 5.75 Å². The molecule has 0 atom stereocenters. The fourth-order valence-electron chi connectivity index (χ4n) is 4.19. The van der Waals surface area contributed by atoms with Gasteiger partial charge in [0.25, 0.3) is 10.0 Å². The van der Waals surface area contributed by atoms with Crippen LogP contribution in [0.2, 0.25) is 5.02 Å². The second kappa shape index (κ2) is 11.2. The zero-order valence-electron chi connectivity index (χ0n) is 20.4. The summed E-state index contributed by atoms with van der Waals surface area (Å²) in [6, 6.07) is 21.1. The first-order chi connectivity index (χ1) is 17.3. The minimum Gasteiger partial charge on any atom is -0.492 e. The van der Waals surface area contributed by atoms with E-state index in [4.69, 9.17) is 16.3 Å². The summed E-state index contributed by atoms with van der Waals surface area (Å²) in [5.41, 5.74) is 2.29. The highest BCUT2D eigenvalue weighted by molar-refractivity contribution is 7.92. The molecular formula is C27H30ClN3O4S. The van der Waals surface area contributed by atoms with Crippen LogP contribution >= 0.6 is 11.6 Å². The van der Waals surface area contributed by atoms with Gasteiger partial charge >= 0.3 is 0 Å². The standard InChI is InChI=1S/C27H30ClN3O4S/c1-3-35-26-10-5-4-9-25(26)31(36(33,34)24-13-11-21(2)12-14-24)20-27(32)30-17-15-29(16-18-30)23-8-6-7-22(28)19-23/h4-14,19H,3,15-18,20H2,1-2H3. The maximum atomic E-state index is 13.8. The first kappa shape index (κ1) is 25.9. The SMILES string of the molecule is CCOc1ccccc1N(CC(=O)N1CCN(c2cccc(Cl)c2)CC1)S(=O)(=O)c1ccc(C)cc1. The predicted octanol–water partition coefficient (Wildman–Crippen LogP) is 4.59. The van der Waals surface area contributed by atoms with Crippen molar-refractivity contribution in [1.29, 1.82) is 0 Å². The van der Waals surface area contributed by atoms with Gasteiger partial charge in [-0.1, -0.05) is 47.5 Å². The van der Waals surface area contributed by atoms with Gasteiger partial charge in [0.05, 0.1) is 17.2 Å². The lowest BCUT2D eigenvalue weighted by molar-refractivity contribution is -0.129. The fourth-order valence-corrected chi connectivity index (χ4v) is 5.80. The normalized spacial score (nSPS) is 14.0. The van der Waals surface area contributed by atoms with E-state index in [9.17, 15) is 13.2 Å². The molecule has 0 aromatic heterocycles. The summed E-state index contributed by atoms with van der Waals surface area (Å²) in [7, 11) is -4.02. The number of sulfonamides is 1. The lowest BCUT2D eigenvalue weighted by Gasteiger charge is -2.37. The van der Waals surface area contributed by atoms with Gasteiger partial charge in [0.15, 0.2) is 0 Å². The highest BCUT2D eigenvalue weighted by Gasteiger charge is 2.32. The number of carbonyl (C=O) groups excluding carboxylic acids is 1. The molecule has 0 N–H and O–H groups in total. The molecule has 1 aliphatic heterocycles. The minimum atomic E-state index is -4.02. The van der Waals surface area contributed by atoms with Crippen molar-refractivity contribution in [2.45, 2.75) is 18.7 Å². The first-order valence-electron chi connectivity index (χ1n) is 11.9. The molecule has 0 unspecified atom stereocenters. The summed E-state index contributed by atoms with van der Waals surface area (Å²) in [4.78, 5) is 17.4. The summed E-state index contributed by atoms with van der Waals surface area (Å²) in [6.45, 7) is 6.00. The number of anilines is 2. The maximum absolute atomic E-state index is 13.8. The Morgan fingerprint density at radius 2 is 1.67 bits per heavy atom. The van der Waals surface area contributed by atoms with Gasteiger partial charge in [-0.05, 0) is 56.3 Å². The van der Waals surface area contributed by atoms with Gasteiger partial charge in [0, 0.05) is 36.9 Å². The molecule has 36 heavy (non-hydrogen) atoms. The molecule has 9 heteroatoms. The molecule has 3 aromatic carbocycles. The number of benzene rings is 3. The van der Waals surface area contributed by atoms with Crippen LogP contribution in [-0.4, -0.2) is 58.6 Å². The molecular weight excluding hydrogens is 498 g/mol. The van der Waals surface area contributed by atoms with E-state index >= 15 is 0 Å². The number of para-hydroxylation sites is 2. The van der Waals surface area contributed by atoms with Crippen LogP contribution in [-0.2, 0) is 14.8 Å². The molecule has 0 aliphatic carbocycles. The van der Waals surface area contributed by atoms with Gasteiger partial charge in [-0.25, -0.2) is 8.42 Å². The van der Waals surface area contributed by atoms with Crippen molar-refractivity contribution in [1.82, 2.24) is 4.90 Å². The van der Waals surface area contributed by atoms with Crippen LogP contribution in [0.3, 0.4) is 0 Å². The molecule has 1 heterocycles. The van der Waals surface area contributed by atoms with E-state index in [1.165, 1.54) is 0 Å². The Kier molecular flexibility index (Phi) is 8.06. The lowest BCUT2D eigenvalue weighted by atomic mass is 10.2. The number of hydrogen-bond donors (Lipinski definition) is 0. The zero-order valence-corrected chi connectivity index (χ0v) is 22.0. The number of amides is 1. The number of nitrogens with zero attached hydrogens (tertiary/aromatic N) is 3. The molecule has 0 spiro atoms. The number of piperazine rings is 1. The number of hydrogen-bond acceptors (Lipinski definition) is 5. The average Bonchev–Trinajstić information content (AvgIpc) is 2.88. The van der Waals surface area contributed by atoms with Crippen molar-refractivity contribution in [3.05, 3.63) is 83.4 Å². The Labute approximate surface area is 217 Å². The summed E-state index contributed by atoms with van der Waals surface area (Å²) >= 11 is 6.13. The van der Waals surface area contributed by atoms with Gasteiger partial charge in [-0.2, -0.15) is 0 Å². The second-order valence-electron chi connectivity index (χ2n) is 8.57. The summed E-state index contributed by atoms with van der Waals surface area (Å²) in [5, 5.41) is 0.663. The number of carbonyl (C=O) groups is 1. The van der Waals surface area contributed by atoms with Crippen LogP contribution in [0.15, 0.2) is 77.7 Å². The number of halogens is 1. The third kappa shape index (κ3) is 5.77. The van der Waals surface area contributed by atoms with Crippen molar-refractivity contribution < 1.29 is 17.9 Å². The van der Waals surface area contributed by atoms with Gasteiger partial charge < -0.3 is 14.5 Å². The Bertz CT molecular complexity index is 1310. The van der Waals surface area contributed by atoms with Crippen molar-refractivity contribution in [2.75, 3.05) is 48.5 Å². The molecule has 4 rings (SSSR count). The average molecular weight is 528 g/mol. The second-order valence-corrected chi connectivity index (χ2v) is 10.9. The Morgan fingerprint density at radius 1 is 0.972 bits per heavy atom. The summed E-state index contributed by atoms with van der Waals surface area (Å²) < 4.78 is 34.4. The molecule has 1 saturated heterocycles. The number of rotatable bonds is 8. The molecule has 3 aromatic rings. The lowest BCUT2D eigenvalue weighted by Crippen LogP contribution is -2.52. The van der Waals surface area contributed by atoms with Crippen LogP contribution in [0.25, 0.3) is 0 Å². The Morgan fingerprint density at radius 3 is 2.33 bits per heavy atom. The largest absolute Gasteiger partial charge is 0.492 e. The Hall–Kier alpha value is -3.23. The number of aryl methyl sites for hydroxylation is 1. The first-order valence-corrected chi connectivity index (χ1v) is 13.7. The van der Waals surface area contributed by atoms with Crippen LogP contribution < -0.4 is 13.9 Å². The van der Waals surface area contributed by atoms with E-state index in [2.05, 4.69) is 4.90 Å². The van der Waals surface area contributed by atoms with Gasteiger partial charge in [-0.3, -0.25) is 9.10 Å². The fraction of sp³-hybridized carbons (Fsp3) is 0.296. The third-order valence-electron chi connectivity index (χ3n) is 6.13. The highest BCUT2D eigenvalue weighted by atomic mass is 35.5. The quantitative estimate of drug-likeness (QED) is 0.428. The maximum Gasteiger partial charge on any atom is 0.264 e. The molecule has 1 aliphatic rings. The smallest absolute Gasteiger partial charge is 0.264 e. The molecule has 0 radical (unpaired) electrons. The predicted molar refractivity (Wildman–Crippen MR) is 144 cm³/mol. The minimum absolute atomic E-state index is 0.123. The van der Waals surface area contributed by atoms with E-state index in [-0.39, 0.29) is 17.3 Å². The Balaban J connectivity index is 1.58. The number of ether oxygens (including phenoxy) is 1. The molecule has 0 saturated carbocycles. The van der Waals surface area contributed by atoms with Crippen molar-refractivity contribution in [2.24, 2.45) is 0 Å². The molecule has 7 nitrogen and oxygen atoms in total. The van der Waals surface area contributed by atoms with Crippen LogP contribution in [0, 0.1) is 6.92 Å². The van der Waals surface area contributed by atoms with Crippen LogP contribution in [0.5, 0.6) is 5.75 Å². The van der Waals surface area contributed by atoms with Crippen LogP contribution in [0.1, 0.15) is 12.5 Å². The molecule has 1 amide bonds. The van der Waals surface area contributed by atoms with Gasteiger partial charge in [0.1, 0.15) is 12.3 Å². The van der Waals surface area contributed by atoms with E-state index < -0.39 is 10.0 Å². The molecule has 190 valence electrons. The van der Waals surface area contributed by atoms with E-state index in [0.29, 0.717) is 49.2 Å². The zero-order chi connectivity index (χ0) is 25.7. The third-order valence-corrected chi connectivity index (χ3v) is 8.14.